The van der Waals surface area contributed by atoms with Gasteiger partial charge in [-0.1, -0.05) is 20.8 Å². The Kier molecular flexibility index (Phi) is 2.00. The van der Waals surface area contributed by atoms with Gasteiger partial charge in [-0.25, -0.2) is 4.98 Å². The summed E-state index contributed by atoms with van der Waals surface area (Å²) < 4.78 is 0. The van der Waals surface area contributed by atoms with Crippen LogP contribution in [0.25, 0.3) is 0 Å². The van der Waals surface area contributed by atoms with E-state index in [9.17, 15) is 0 Å². The lowest BCUT2D eigenvalue weighted by Gasteiger charge is -2.38. The van der Waals surface area contributed by atoms with Gasteiger partial charge in [0.05, 0.1) is 17.6 Å². The lowest BCUT2D eigenvalue weighted by Crippen LogP contribution is -2.49. The highest BCUT2D eigenvalue weighted by molar-refractivity contribution is 5.30. The molecule has 2 heterocycles. The second-order valence-corrected chi connectivity index (χ2v) is 5.98. The highest BCUT2D eigenvalue weighted by Crippen LogP contribution is 2.61. The van der Waals surface area contributed by atoms with Crippen LogP contribution >= 0.6 is 0 Å². The molecule has 88 valence electrons. The van der Waals surface area contributed by atoms with Crippen LogP contribution in [0.15, 0.2) is 6.33 Å². The minimum absolute atomic E-state index is 0.136. The summed E-state index contributed by atoms with van der Waals surface area (Å²) in [6, 6.07) is 0. The Morgan fingerprint density at radius 1 is 1.50 bits per heavy atom. The molecule has 3 nitrogen and oxygen atoms in total. The quantitative estimate of drug-likeness (QED) is 0.800. The fourth-order valence-corrected chi connectivity index (χ4v) is 3.53. The molecular formula is C13H21N3. The van der Waals surface area contributed by atoms with Crippen LogP contribution in [0.4, 0.5) is 0 Å². The molecule has 0 radical (unpaired) electrons. The number of rotatable bonds is 2. The summed E-state index contributed by atoms with van der Waals surface area (Å²) in [6.07, 6.45) is 5.40. The first-order valence-corrected chi connectivity index (χ1v) is 6.38. The first-order chi connectivity index (χ1) is 7.60. The Bertz CT molecular complexity index is 407. The summed E-state index contributed by atoms with van der Waals surface area (Å²) in [5, 5.41) is 3.76. The van der Waals surface area contributed by atoms with Gasteiger partial charge in [-0.2, -0.15) is 0 Å². The molecule has 2 atom stereocenters. The van der Waals surface area contributed by atoms with E-state index in [1.807, 2.05) is 6.33 Å². The fraction of sp³-hybridized carbons (Fsp3) is 0.769. The molecule has 1 fully saturated rings. The van der Waals surface area contributed by atoms with E-state index >= 15 is 0 Å². The van der Waals surface area contributed by atoms with Crippen LogP contribution in [0, 0.1) is 11.3 Å². The molecule has 1 aromatic rings. The molecule has 2 N–H and O–H groups in total. The first kappa shape index (κ1) is 10.3. The SMILES string of the molecule is CCC1(C2CC2(C)C)NCCc2[nH]cnc21. The number of aromatic nitrogens is 2. The molecule has 0 amide bonds. The number of hydrogen-bond donors (Lipinski definition) is 2. The molecule has 0 bridgehead atoms. The van der Waals surface area contributed by atoms with Crippen molar-refractivity contribution < 1.29 is 0 Å². The largest absolute Gasteiger partial charge is 0.348 e. The van der Waals surface area contributed by atoms with Crippen molar-refractivity contribution in [2.75, 3.05) is 6.54 Å². The van der Waals surface area contributed by atoms with Crippen molar-refractivity contribution >= 4 is 0 Å². The Labute approximate surface area is 97.0 Å². The first-order valence-electron chi connectivity index (χ1n) is 6.38. The highest BCUT2D eigenvalue weighted by atomic mass is 15.1. The maximum Gasteiger partial charge on any atom is 0.0926 e. The van der Waals surface area contributed by atoms with Crippen LogP contribution < -0.4 is 5.32 Å². The molecule has 0 saturated heterocycles. The predicted octanol–water partition coefficient (Wildman–Crippen LogP) is 2.21. The summed E-state index contributed by atoms with van der Waals surface area (Å²) in [7, 11) is 0. The average molecular weight is 219 g/mol. The van der Waals surface area contributed by atoms with Crippen molar-refractivity contribution in [3.05, 3.63) is 17.7 Å². The molecule has 1 aromatic heterocycles. The topological polar surface area (TPSA) is 40.7 Å². The van der Waals surface area contributed by atoms with E-state index in [0.29, 0.717) is 5.41 Å². The Morgan fingerprint density at radius 2 is 2.25 bits per heavy atom. The fourth-order valence-electron chi connectivity index (χ4n) is 3.53. The zero-order chi connectivity index (χ0) is 11.4. The zero-order valence-corrected chi connectivity index (χ0v) is 10.4. The van der Waals surface area contributed by atoms with Crippen molar-refractivity contribution in [3.63, 3.8) is 0 Å². The van der Waals surface area contributed by atoms with Crippen molar-refractivity contribution in [1.29, 1.82) is 0 Å². The van der Waals surface area contributed by atoms with Crippen LogP contribution in [0.1, 0.15) is 45.0 Å². The number of imidazole rings is 1. The minimum atomic E-state index is 0.136. The number of aromatic amines is 1. The molecule has 16 heavy (non-hydrogen) atoms. The number of H-pyrrole nitrogens is 1. The molecule has 1 aliphatic carbocycles. The summed E-state index contributed by atoms with van der Waals surface area (Å²) in [6.45, 7) is 8.11. The molecule has 1 aliphatic heterocycles. The van der Waals surface area contributed by atoms with Crippen LogP contribution in [0.3, 0.4) is 0 Å². The lowest BCUT2D eigenvalue weighted by atomic mass is 9.79. The van der Waals surface area contributed by atoms with Gasteiger partial charge in [0.2, 0.25) is 0 Å². The summed E-state index contributed by atoms with van der Waals surface area (Å²) in [4.78, 5) is 7.90. The van der Waals surface area contributed by atoms with Crippen LogP contribution in [-0.2, 0) is 12.0 Å². The van der Waals surface area contributed by atoms with E-state index in [4.69, 9.17) is 0 Å². The van der Waals surface area contributed by atoms with Gasteiger partial charge in [-0.15, -0.1) is 0 Å². The van der Waals surface area contributed by atoms with E-state index < -0.39 is 0 Å². The van der Waals surface area contributed by atoms with Gasteiger partial charge in [-0.05, 0) is 24.2 Å². The van der Waals surface area contributed by atoms with E-state index in [1.54, 1.807) is 0 Å². The smallest absolute Gasteiger partial charge is 0.0926 e. The Balaban J connectivity index is 2.04. The van der Waals surface area contributed by atoms with Gasteiger partial charge in [0, 0.05) is 18.7 Å². The van der Waals surface area contributed by atoms with Crippen molar-refractivity contribution in [2.45, 2.75) is 45.6 Å². The maximum absolute atomic E-state index is 4.59. The van der Waals surface area contributed by atoms with Gasteiger partial charge in [-0.3, -0.25) is 0 Å². The summed E-state index contributed by atoms with van der Waals surface area (Å²) >= 11 is 0. The third-order valence-corrected chi connectivity index (χ3v) is 4.62. The molecule has 2 aliphatic rings. The van der Waals surface area contributed by atoms with Gasteiger partial charge in [0.1, 0.15) is 0 Å². The van der Waals surface area contributed by atoms with Crippen LogP contribution in [0.2, 0.25) is 0 Å². The summed E-state index contributed by atoms with van der Waals surface area (Å²) in [5.74, 6) is 0.743. The van der Waals surface area contributed by atoms with E-state index in [0.717, 1.165) is 25.3 Å². The normalized spacial score (nSPS) is 35.8. The van der Waals surface area contributed by atoms with Gasteiger partial charge in [0.25, 0.3) is 0 Å². The zero-order valence-electron chi connectivity index (χ0n) is 10.4. The second kappa shape index (κ2) is 3.10. The third-order valence-electron chi connectivity index (χ3n) is 4.62. The Hall–Kier alpha value is -0.830. The van der Waals surface area contributed by atoms with E-state index in [2.05, 4.69) is 36.1 Å². The molecule has 2 unspecified atom stereocenters. The molecule has 0 spiro atoms. The standard InChI is InChI=1S/C13H21N3/c1-4-13(10-7-12(10,2)3)11-9(5-6-16-13)14-8-15-11/h8,10,16H,4-7H2,1-3H3,(H,14,15). The molecule has 1 saturated carbocycles. The molecule has 0 aromatic carbocycles. The number of nitrogens with zero attached hydrogens (tertiary/aromatic N) is 1. The summed E-state index contributed by atoms with van der Waals surface area (Å²) in [5.41, 5.74) is 3.26. The Morgan fingerprint density at radius 3 is 2.88 bits per heavy atom. The molecular weight excluding hydrogens is 198 g/mol. The third kappa shape index (κ3) is 1.21. The van der Waals surface area contributed by atoms with Gasteiger partial charge >= 0.3 is 0 Å². The molecule has 3 rings (SSSR count). The monoisotopic (exact) mass is 219 g/mol. The van der Waals surface area contributed by atoms with Crippen LogP contribution in [-0.4, -0.2) is 16.5 Å². The predicted molar refractivity (Wildman–Crippen MR) is 64.2 cm³/mol. The lowest BCUT2D eigenvalue weighted by molar-refractivity contribution is 0.225. The second-order valence-electron chi connectivity index (χ2n) is 5.98. The van der Waals surface area contributed by atoms with E-state index in [1.165, 1.54) is 17.8 Å². The molecule has 3 heteroatoms. The van der Waals surface area contributed by atoms with E-state index in [-0.39, 0.29) is 5.54 Å². The number of hydrogen-bond acceptors (Lipinski definition) is 2. The van der Waals surface area contributed by atoms with Crippen molar-refractivity contribution in [1.82, 2.24) is 15.3 Å². The van der Waals surface area contributed by atoms with Gasteiger partial charge in [0.15, 0.2) is 0 Å². The number of nitrogens with one attached hydrogen (secondary N) is 2. The van der Waals surface area contributed by atoms with Crippen molar-refractivity contribution in [2.24, 2.45) is 11.3 Å². The van der Waals surface area contributed by atoms with Crippen LogP contribution in [0.5, 0.6) is 0 Å². The number of fused-ring (bicyclic) bond motifs is 1. The highest BCUT2D eigenvalue weighted by Gasteiger charge is 2.59. The van der Waals surface area contributed by atoms with Gasteiger partial charge < -0.3 is 10.3 Å². The average Bonchev–Trinajstić information content (AvgIpc) is 2.73. The maximum atomic E-state index is 4.59. The van der Waals surface area contributed by atoms with Crippen molar-refractivity contribution in [3.8, 4) is 0 Å². The minimum Gasteiger partial charge on any atom is -0.348 e.